The molecule has 14 heavy (non-hydrogen) atoms. The zero-order valence-electron chi connectivity index (χ0n) is 8.46. The van der Waals surface area contributed by atoms with E-state index in [0.717, 1.165) is 12.0 Å². The molecule has 1 rings (SSSR count). The number of nitrogens with zero attached hydrogens (tertiary/aromatic N) is 1. The summed E-state index contributed by atoms with van der Waals surface area (Å²) in [5.74, 6) is 0.599. The lowest BCUT2D eigenvalue weighted by molar-refractivity contribution is -0.117. The lowest BCUT2D eigenvalue weighted by atomic mass is 9.97. The smallest absolute Gasteiger partial charge is 0.129 e. The molecule has 0 radical (unpaired) electrons. The van der Waals surface area contributed by atoms with E-state index in [0.29, 0.717) is 17.5 Å². The highest BCUT2D eigenvalue weighted by Crippen LogP contribution is 2.20. The minimum atomic E-state index is 0.235. The fourth-order valence-electron chi connectivity index (χ4n) is 1.27. The molecular weight excluding hydrogens is 198 g/mol. The van der Waals surface area contributed by atoms with E-state index in [1.165, 1.54) is 0 Å². The van der Waals surface area contributed by atoms with Gasteiger partial charge in [0.1, 0.15) is 10.9 Å². The Hall–Kier alpha value is -0.890. The third kappa shape index (κ3) is 3.46. The van der Waals surface area contributed by atoms with Gasteiger partial charge in [0, 0.05) is 12.6 Å². The van der Waals surface area contributed by atoms with Gasteiger partial charge < -0.3 is 4.79 Å². The van der Waals surface area contributed by atoms with Crippen LogP contribution in [0.2, 0.25) is 5.15 Å². The molecule has 2 nitrogen and oxygen atoms in total. The Kier molecular flexibility index (Phi) is 4.08. The van der Waals surface area contributed by atoms with E-state index in [9.17, 15) is 4.79 Å². The monoisotopic (exact) mass is 211 g/mol. The first-order valence-corrected chi connectivity index (χ1v) is 5.08. The van der Waals surface area contributed by atoms with Gasteiger partial charge in [-0.3, -0.25) is 0 Å². The Balaban J connectivity index is 2.56. The lowest BCUT2D eigenvalue weighted by Crippen LogP contribution is -1.98. The van der Waals surface area contributed by atoms with E-state index >= 15 is 0 Å². The third-order valence-electron chi connectivity index (χ3n) is 2.25. The maximum absolute atomic E-state index is 10.8. The SMILES string of the molecule is CC(=O)CCC(C)c1ccc(Cl)nc1. The number of pyridine rings is 1. The van der Waals surface area contributed by atoms with Crippen LogP contribution in [0.5, 0.6) is 0 Å². The first-order chi connectivity index (χ1) is 6.59. The minimum Gasteiger partial charge on any atom is -0.300 e. The summed E-state index contributed by atoms with van der Waals surface area (Å²) in [6, 6.07) is 3.74. The third-order valence-corrected chi connectivity index (χ3v) is 2.47. The summed E-state index contributed by atoms with van der Waals surface area (Å²) in [5.41, 5.74) is 1.13. The van der Waals surface area contributed by atoms with Gasteiger partial charge in [0.25, 0.3) is 0 Å². The summed E-state index contributed by atoms with van der Waals surface area (Å²) < 4.78 is 0. The Morgan fingerprint density at radius 3 is 2.79 bits per heavy atom. The second-order valence-corrected chi connectivity index (χ2v) is 3.94. The molecular formula is C11H14ClNO. The standard InChI is InChI=1S/C11H14ClNO/c1-8(3-4-9(2)14)10-5-6-11(12)13-7-10/h5-8H,3-4H2,1-2H3. The number of halogens is 1. The molecule has 0 N–H and O–H groups in total. The molecule has 0 saturated carbocycles. The van der Waals surface area contributed by atoms with E-state index in [4.69, 9.17) is 11.6 Å². The highest BCUT2D eigenvalue weighted by Gasteiger charge is 2.06. The van der Waals surface area contributed by atoms with Crippen LogP contribution in [-0.4, -0.2) is 10.8 Å². The Labute approximate surface area is 89.3 Å². The van der Waals surface area contributed by atoms with Crippen molar-refractivity contribution in [2.45, 2.75) is 32.6 Å². The lowest BCUT2D eigenvalue weighted by Gasteiger charge is -2.09. The normalized spacial score (nSPS) is 12.5. The van der Waals surface area contributed by atoms with E-state index in [2.05, 4.69) is 11.9 Å². The summed E-state index contributed by atoms with van der Waals surface area (Å²) >= 11 is 5.68. The zero-order valence-corrected chi connectivity index (χ0v) is 9.21. The molecule has 0 bridgehead atoms. The van der Waals surface area contributed by atoms with Crippen LogP contribution in [0.1, 0.15) is 38.2 Å². The van der Waals surface area contributed by atoms with Gasteiger partial charge in [0.15, 0.2) is 0 Å². The zero-order chi connectivity index (χ0) is 10.6. The van der Waals surface area contributed by atoms with Crippen molar-refractivity contribution in [1.29, 1.82) is 0 Å². The van der Waals surface area contributed by atoms with E-state index in [-0.39, 0.29) is 5.78 Å². The maximum atomic E-state index is 10.8. The van der Waals surface area contributed by atoms with Crippen molar-refractivity contribution in [2.75, 3.05) is 0 Å². The van der Waals surface area contributed by atoms with E-state index < -0.39 is 0 Å². The van der Waals surface area contributed by atoms with Crippen LogP contribution < -0.4 is 0 Å². The molecule has 1 atom stereocenters. The van der Waals surface area contributed by atoms with Crippen molar-refractivity contribution in [3.63, 3.8) is 0 Å². The van der Waals surface area contributed by atoms with Crippen molar-refractivity contribution in [3.8, 4) is 0 Å². The topological polar surface area (TPSA) is 30.0 Å². The Bertz CT molecular complexity index is 308. The average Bonchev–Trinajstić information content (AvgIpc) is 2.15. The van der Waals surface area contributed by atoms with Crippen LogP contribution in [-0.2, 0) is 4.79 Å². The number of ketones is 1. The number of hydrogen-bond acceptors (Lipinski definition) is 2. The molecule has 1 heterocycles. The van der Waals surface area contributed by atoms with Crippen LogP contribution >= 0.6 is 11.6 Å². The molecule has 1 aromatic rings. The van der Waals surface area contributed by atoms with Crippen molar-refractivity contribution < 1.29 is 4.79 Å². The number of hydrogen-bond donors (Lipinski definition) is 0. The van der Waals surface area contributed by atoms with Crippen molar-refractivity contribution in [2.24, 2.45) is 0 Å². The maximum Gasteiger partial charge on any atom is 0.129 e. The minimum absolute atomic E-state index is 0.235. The first-order valence-electron chi connectivity index (χ1n) is 4.70. The van der Waals surface area contributed by atoms with Gasteiger partial charge >= 0.3 is 0 Å². The van der Waals surface area contributed by atoms with E-state index in [1.54, 1.807) is 19.2 Å². The van der Waals surface area contributed by atoms with Gasteiger partial charge in [0.2, 0.25) is 0 Å². The first kappa shape index (κ1) is 11.2. The quantitative estimate of drug-likeness (QED) is 0.716. The molecule has 0 aromatic carbocycles. The fourth-order valence-corrected chi connectivity index (χ4v) is 1.38. The van der Waals surface area contributed by atoms with Crippen molar-refractivity contribution in [3.05, 3.63) is 29.0 Å². The summed E-state index contributed by atoms with van der Waals surface area (Å²) in [5, 5.41) is 0.507. The predicted molar refractivity (Wildman–Crippen MR) is 57.6 cm³/mol. The number of Topliss-reactive ketones (excluding diaryl/α,β-unsaturated/α-hetero) is 1. The van der Waals surface area contributed by atoms with Crippen LogP contribution in [0, 0.1) is 0 Å². The second kappa shape index (κ2) is 5.11. The highest BCUT2D eigenvalue weighted by molar-refractivity contribution is 6.29. The molecule has 1 aromatic heterocycles. The number of carbonyl (C=O) groups is 1. The molecule has 3 heteroatoms. The van der Waals surface area contributed by atoms with Crippen LogP contribution in [0.3, 0.4) is 0 Å². The van der Waals surface area contributed by atoms with Crippen molar-refractivity contribution in [1.82, 2.24) is 4.98 Å². The summed E-state index contributed by atoms with van der Waals surface area (Å²) in [4.78, 5) is 14.8. The van der Waals surface area contributed by atoms with Gasteiger partial charge in [-0.1, -0.05) is 24.6 Å². The molecule has 0 aliphatic rings. The average molecular weight is 212 g/mol. The number of aromatic nitrogens is 1. The van der Waals surface area contributed by atoms with Crippen molar-refractivity contribution >= 4 is 17.4 Å². The van der Waals surface area contributed by atoms with Gasteiger partial charge in [-0.05, 0) is 30.9 Å². The van der Waals surface area contributed by atoms with Gasteiger partial charge in [-0.25, -0.2) is 4.98 Å². The molecule has 1 unspecified atom stereocenters. The molecule has 0 aliphatic heterocycles. The van der Waals surface area contributed by atoms with E-state index in [1.807, 2.05) is 6.07 Å². The number of rotatable bonds is 4. The molecule has 0 amide bonds. The Morgan fingerprint density at radius 1 is 1.57 bits per heavy atom. The largest absolute Gasteiger partial charge is 0.300 e. The summed E-state index contributed by atoms with van der Waals surface area (Å²) in [7, 11) is 0. The van der Waals surface area contributed by atoms with Crippen LogP contribution in [0.15, 0.2) is 18.3 Å². The summed E-state index contributed by atoms with van der Waals surface area (Å²) in [6.07, 6.45) is 3.27. The molecule has 76 valence electrons. The van der Waals surface area contributed by atoms with Crippen LogP contribution in [0.25, 0.3) is 0 Å². The Morgan fingerprint density at radius 2 is 2.29 bits per heavy atom. The van der Waals surface area contributed by atoms with Crippen LogP contribution in [0.4, 0.5) is 0 Å². The molecule has 0 aliphatic carbocycles. The van der Waals surface area contributed by atoms with Gasteiger partial charge in [-0.2, -0.15) is 0 Å². The molecule has 0 saturated heterocycles. The predicted octanol–water partition coefficient (Wildman–Crippen LogP) is 3.21. The highest BCUT2D eigenvalue weighted by atomic mass is 35.5. The molecule has 0 spiro atoms. The molecule has 0 fully saturated rings. The van der Waals surface area contributed by atoms with Gasteiger partial charge in [0.05, 0.1) is 0 Å². The summed E-state index contributed by atoms with van der Waals surface area (Å²) in [6.45, 7) is 3.71. The fraction of sp³-hybridized carbons (Fsp3) is 0.455. The van der Waals surface area contributed by atoms with Gasteiger partial charge in [-0.15, -0.1) is 0 Å². The number of carbonyl (C=O) groups excluding carboxylic acids is 1. The second-order valence-electron chi connectivity index (χ2n) is 3.56.